The molecule has 0 unspecified atom stereocenters. The molecule has 0 aliphatic rings. The second-order valence-corrected chi connectivity index (χ2v) is 4.94. The lowest BCUT2D eigenvalue weighted by atomic mass is 9.94. The van der Waals surface area contributed by atoms with Crippen molar-refractivity contribution in [1.82, 2.24) is 0 Å². The summed E-state index contributed by atoms with van der Waals surface area (Å²) < 4.78 is 40.9. The Bertz CT molecular complexity index is 616. The normalized spacial score (nSPS) is 11.1. The van der Waals surface area contributed by atoms with Gasteiger partial charge in [0, 0.05) is 5.56 Å². The summed E-state index contributed by atoms with van der Waals surface area (Å²) in [5.74, 6) is -2.21. The molecule has 0 radical (unpaired) electrons. The smallest absolute Gasteiger partial charge is 0.159 e. The van der Waals surface area contributed by atoms with Gasteiger partial charge in [-0.3, -0.25) is 0 Å². The van der Waals surface area contributed by atoms with Crippen molar-refractivity contribution >= 4 is 0 Å². The Kier molecular flexibility index (Phi) is 3.65. The lowest BCUT2D eigenvalue weighted by Crippen LogP contribution is -1.98. The van der Waals surface area contributed by atoms with Gasteiger partial charge in [-0.25, -0.2) is 13.2 Å². The van der Waals surface area contributed by atoms with Crippen LogP contribution in [0.15, 0.2) is 30.3 Å². The molecule has 19 heavy (non-hydrogen) atoms. The highest BCUT2D eigenvalue weighted by Crippen LogP contribution is 2.31. The monoisotopic (exact) mass is 264 g/mol. The van der Waals surface area contributed by atoms with Crippen LogP contribution in [0.4, 0.5) is 13.2 Å². The Labute approximate surface area is 110 Å². The van der Waals surface area contributed by atoms with E-state index in [1.165, 1.54) is 0 Å². The standard InChI is InChI=1S/C16H15F3/c1-9(2)11-5-4-6-12(16(11)19)13-8-15(18)14(17)7-10(13)3/h4-9H,1-3H3. The zero-order valence-electron chi connectivity index (χ0n) is 11.1. The summed E-state index contributed by atoms with van der Waals surface area (Å²) >= 11 is 0. The van der Waals surface area contributed by atoms with Gasteiger partial charge in [0.1, 0.15) is 5.82 Å². The zero-order chi connectivity index (χ0) is 14.2. The van der Waals surface area contributed by atoms with E-state index in [0.717, 1.165) is 12.1 Å². The van der Waals surface area contributed by atoms with Crippen LogP contribution in [0.5, 0.6) is 0 Å². The SMILES string of the molecule is Cc1cc(F)c(F)cc1-c1cccc(C(C)C)c1F. The van der Waals surface area contributed by atoms with Gasteiger partial charge in [0.25, 0.3) is 0 Å². The fraction of sp³-hybridized carbons (Fsp3) is 0.250. The third-order valence-electron chi connectivity index (χ3n) is 3.21. The van der Waals surface area contributed by atoms with E-state index in [0.29, 0.717) is 22.3 Å². The third kappa shape index (κ3) is 2.50. The van der Waals surface area contributed by atoms with E-state index < -0.39 is 11.6 Å². The van der Waals surface area contributed by atoms with E-state index in [9.17, 15) is 13.2 Å². The molecule has 0 spiro atoms. The van der Waals surface area contributed by atoms with Gasteiger partial charge >= 0.3 is 0 Å². The van der Waals surface area contributed by atoms with Gasteiger partial charge in [-0.15, -0.1) is 0 Å². The van der Waals surface area contributed by atoms with Crippen LogP contribution in [0.1, 0.15) is 30.9 Å². The van der Waals surface area contributed by atoms with Gasteiger partial charge in [0.05, 0.1) is 0 Å². The van der Waals surface area contributed by atoms with Gasteiger partial charge < -0.3 is 0 Å². The highest BCUT2D eigenvalue weighted by Gasteiger charge is 2.15. The summed E-state index contributed by atoms with van der Waals surface area (Å²) in [4.78, 5) is 0. The van der Waals surface area contributed by atoms with Gasteiger partial charge in [-0.1, -0.05) is 32.0 Å². The second kappa shape index (κ2) is 5.08. The van der Waals surface area contributed by atoms with Crippen LogP contribution >= 0.6 is 0 Å². The van der Waals surface area contributed by atoms with Crippen LogP contribution in [-0.4, -0.2) is 0 Å². The van der Waals surface area contributed by atoms with Gasteiger partial charge in [-0.2, -0.15) is 0 Å². The van der Waals surface area contributed by atoms with Crippen molar-refractivity contribution in [3.8, 4) is 11.1 Å². The van der Waals surface area contributed by atoms with E-state index in [2.05, 4.69) is 0 Å². The predicted molar refractivity (Wildman–Crippen MR) is 70.6 cm³/mol. The fourth-order valence-electron chi connectivity index (χ4n) is 2.14. The molecule has 0 fully saturated rings. The van der Waals surface area contributed by atoms with Gasteiger partial charge in [-0.05, 0) is 41.7 Å². The van der Waals surface area contributed by atoms with Crippen molar-refractivity contribution in [1.29, 1.82) is 0 Å². The van der Waals surface area contributed by atoms with Gasteiger partial charge in [0.2, 0.25) is 0 Å². The molecule has 0 atom stereocenters. The summed E-state index contributed by atoms with van der Waals surface area (Å²) in [7, 11) is 0. The van der Waals surface area contributed by atoms with E-state index >= 15 is 0 Å². The van der Waals surface area contributed by atoms with Crippen molar-refractivity contribution in [2.24, 2.45) is 0 Å². The largest absolute Gasteiger partial charge is 0.206 e. The Morgan fingerprint density at radius 2 is 1.53 bits per heavy atom. The Morgan fingerprint density at radius 1 is 0.895 bits per heavy atom. The third-order valence-corrected chi connectivity index (χ3v) is 3.21. The van der Waals surface area contributed by atoms with Crippen LogP contribution in [-0.2, 0) is 0 Å². The molecule has 0 aliphatic heterocycles. The van der Waals surface area contributed by atoms with Crippen LogP contribution < -0.4 is 0 Å². The molecule has 0 nitrogen and oxygen atoms in total. The number of aryl methyl sites for hydroxylation is 1. The fourth-order valence-corrected chi connectivity index (χ4v) is 2.14. The van der Waals surface area contributed by atoms with Crippen LogP contribution in [0.3, 0.4) is 0 Å². The van der Waals surface area contributed by atoms with Crippen LogP contribution in [0.25, 0.3) is 11.1 Å². The topological polar surface area (TPSA) is 0 Å². The van der Waals surface area contributed by atoms with Crippen molar-refractivity contribution in [3.63, 3.8) is 0 Å². The molecule has 2 aromatic carbocycles. The summed E-state index contributed by atoms with van der Waals surface area (Å²) in [6.45, 7) is 5.42. The van der Waals surface area contributed by atoms with E-state index in [4.69, 9.17) is 0 Å². The maximum atomic E-state index is 14.4. The predicted octanol–water partition coefficient (Wildman–Crippen LogP) is 5.20. The summed E-state index contributed by atoms with van der Waals surface area (Å²) in [6, 6.07) is 7.16. The van der Waals surface area contributed by atoms with Crippen LogP contribution in [0, 0.1) is 24.4 Å². The number of hydrogen-bond acceptors (Lipinski definition) is 0. The van der Waals surface area contributed by atoms with Crippen molar-refractivity contribution in [2.45, 2.75) is 26.7 Å². The summed E-state index contributed by atoms with van der Waals surface area (Å²) in [5, 5.41) is 0. The quantitative estimate of drug-likeness (QED) is 0.699. The maximum Gasteiger partial charge on any atom is 0.159 e. The summed E-state index contributed by atoms with van der Waals surface area (Å²) in [6.07, 6.45) is 0. The molecule has 0 amide bonds. The first-order chi connectivity index (χ1) is 8.91. The highest BCUT2D eigenvalue weighted by atomic mass is 19.2. The molecule has 2 rings (SSSR count). The zero-order valence-corrected chi connectivity index (χ0v) is 11.1. The lowest BCUT2D eigenvalue weighted by molar-refractivity contribution is 0.508. The molecule has 0 bridgehead atoms. The molecular weight excluding hydrogens is 249 g/mol. The van der Waals surface area contributed by atoms with E-state index in [1.54, 1.807) is 25.1 Å². The number of hydrogen-bond donors (Lipinski definition) is 0. The molecular formula is C16H15F3. The minimum Gasteiger partial charge on any atom is -0.206 e. The Morgan fingerprint density at radius 3 is 2.16 bits per heavy atom. The molecule has 0 aromatic heterocycles. The number of halogens is 3. The molecule has 3 heteroatoms. The molecule has 0 aliphatic carbocycles. The lowest BCUT2D eigenvalue weighted by Gasteiger charge is -2.13. The van der Waals surface area contributed by atoms with Crippen molar-refractivity contribution < 1.29 is 13.2 Å². The molecule has 2 aromatic rings. The molecule has 0 heterocycles. The molecule has 0 N–H and O–H groups in total. The summed E-state index contributed by atoms with van der Waals surface area (Å²) in [5.41, 5.74) is 1.78. The average Bonchev–Trinajstić information content (AvgIpc) is 2.34. The molecule has 0 saturated carbocycles. The number of rotatable bonds is 2. The first-order valence-electron chi connectivity index (χ1n) is 6.16. The average molecular weight is 264 g/mol. The first-order valence-corrected chi connectivity index (χ1v) is 6.16. The molecule has 0 saturated heterocycles. The second-order valence-electron chi connectivity index (χ2n) is 4.94. The number of benzene rings is 2. The Hall–Kier alpha value is -1.77. The van der Waals surface area contributed by atoms with Crippen molar-refractivity contribution in [2.75, 3.05) is 0 Å². The minimum absolute atomic E-state index is 0.0329. The van der Waals surface area contributed by atoms with Crippen molar-refractivity contribution in [3.05, 3.63) is 58.9 Å². The Balaban J connectivity index is 2.66. The van der Waals surface area contributed by atoms with E-state index in [-0.39, 0.29) is 11.7 Å². The molecule has 100 valence electrons. The maximum absolute atomic E-state index is 14.4. The van der Waals surface area contributed by atoms with Crippen LogP contribution in [0.2, 0.25) is 0 Å². The highest BCUT2D eigenvalue weighted by molar-refractivity contribution is 5.68. The minimum atomic E-state index is -0.963. The van der Waals surface area contributed by atoms with E-state index in [1.807, 2.05) is 13.8 Å². The first kappa shape index (κ1) is 13.7. The van der Waals surface area contributed by atoms with Gasteiger partial charge in [0.15, 0.2) is 11.6 Å².